The highest BCUT2D eigenvalue weighted by Gasteiger charge is 2.19. The number of hydrogen-bond donors (Lipinski definition) is 2. The second-order valence-corrected chi connectivity index (χ2v) is 6.99. The van der Waals surface area contributed by atoms with Crippen molar-refractivity contribution in [1.82, 2.24) is 25.0 Å². The highest BCUT2D eigenvalue weighted by atomic mass is 32.1. The minimum absolute atomic E-state index is 0.0440. The normalized spacial score (nSPS) is 12.3. The molecular formula is C19H23N5O2S. The zero-order valence-electron chi connectivity index (χ0n) is 15.6. The number of H-pyrrole nitrogens is 1. The number of nitrogens with one attached hydrogen (secondary N) is 2. The van der Waals surface area contributed by atoms with Crippen LogP contribution in [0.4, 0.5) is 0 Å². The lowest BCUT2D eigenvalue weighted by molar-refractivity contribution is -0.121. The number of aryl methyl sites for hydroxylation is 1. The predicted molar refractivity (Wildman–Crippen MR) is 106 cm³/mol. The molecule has 0 aliphatic rings. The molecule has 0 aliphatic heterocycles. The van der Waals surface area contributed by atoms with Gasteiger partial charge in [-0.1, -0.05) is 23.8 Å². The molecule has 3 aromatic rings. The van der Waals surface area contributed by atoms with Gasteiger partial charge in [0, 0.05) is 12.1 Å². The standard InChI is InChI=1S/C19H23N5O2S/c1-13-6-4-7-14(10-13)18-21-22-19(27)24(18)12-17(25)20-11-15(23(2)3)16-8-5-9-26-16/h4-10,15H,11-12H2,1-3H3,(H,20,25)(H,22,27). The molecule has 1 amide bonds. The van der Waals surface area contributed by atoms with Crippen LogP contribution < -0.4 is 5.32 Å². The van der Waals surface area contributed by atoms with Gasteiger partial charge in [0.1, 0.15) is 12.3 Å². The van der Waals surface area contributed by atoms with Gasteiger partial charge < -0.3 is 9.73 Å². The largest absolute Gasteiger partial charge is 0.468 e. The number of carbonyl (C=O) groups excluding carboxylic acids is 1. The molecule has 0 radical (unpaired) electrons. The van der Waals surface area contributed by atoms with E-state index in [1.54, 1.807) is 10.8 Å². The summed E-state index contributed by atoms with van der Waals surface area (Å²) in [5, 5.41) is 10.0. The number of aromatic nitrogens is 3. The summed E-state index contributed by atoms with van der Waals surface area (Å²) in [6.45, 7) is 2.54. The van der Waals surface area contributed by atoms with Gasteiger partial charge in [-0.2, -0.15) is 5.10 Å². The molecule has 0 saturated heterocycles. The molecule has 142 valence electrons. The number of nitrogens with zero attached hydrogens (tertiary/aromatic N) is 3. The summed E-state index contributed by atoms with van der Waals surface area (Å²) < 4.78 is 7.59. The maximum Gasteiger partial charge on any atom is 0.240 e. The molecule has 1 unspecified atom stereocenters. The smallest absolute Gasteiger partial charge is 0.240 e. The van der Waals surface area contributed by atoms with Crippen molar-refractivity contribution in [2.45, 2.75) is 19.5 Å². The van der Waals surface area contributed by atoms with E-state index >= 15 is 0 Å². The number of furan rings is 1. The van der Waals surface area contributed by atoms with Crippen molar-refractivity contribution in [2.24, 2.45) is 0 Å². The molecule has 0 aliphatic carbocycles. The van der Waals surface area contributed by atoms with Gasteiger partial charge in [-0.3, -0.25) is 19.4 Å². The Labute approximate surface area is 163 Å². The van der Waals surface area contributed by atoms with Gasteiger partial charge in [0.05, 0.1) is 12.3 Å². The number of rotatable bonds is 7. The molecular weight excluding hydrogens is 362 g/mol. The lowest BCUT2D eigenvalue weighted by Crippen LogP contribution is -2.36. The average molecular weight is 385 g/mol. The first-order valence-corrected chi connectivity index (χ1v) is 9.05. The predicted octanol–water partition coefficient (Wildman–Crippen LogP) is 2.93. The fraction of sp³-hybridized carbons (Fsp3) is 0.316. The minimum atomic E-state index is -0.139. The van der Waals surface area contributed by atoms with Crippen LogP contribution in [0.5, 0.6) is 0 Å². The summed E-state index contributed by atoms with van der Waals surface area (Å²) in [5.41, 5.74) is 2.03. The van der Waals surface area contributed by atoms with Crippen molar-refractivity contribution in [1.29, 1.82) is 0 Å². The zero-order chi connectivity index (χ0) is 19.4. The third-order valence-electron chi connectivity index (χ3n) is 4.32. The second-order valence-electron chi connectivity index (χ2n) is 6.61. The van der Waals surface area contributed by atoms with Crippen LogP contribution in [-0.2, 0) is 11.3 Å². The van der Waals surface area contributed by atoms with Crippen molar-refractivity contribution in [3.8, 4) is 11.4 Å². The highest BCUT2D eigenvalue weighted by Crippen LogP contribution is 2.19. The van der Waals surface area contributed by atoms with E-state index in [0.29, 0.717) is 17.1 Å². The van der Waals surface area contributed by atoms with Crippen LogP contribution in [0.25, 0.3) is 11.4 Å². The number of aromatic amines is 1. The van der Waals surface area contributed by atoms with E-state index in [1.807, 2.05) is 62.3 Å². The second kappa shape index (κ2) is 8.32. The third kappa shape index (κ3) is 4.53. The number of hydrogen-bond acceptors (Lipinski definition) is 5. The van der Waals surface area contributed by atoms with Crippen LogP contribution in [0, 0.1) is 11.7 Å². The van der Waals surface area contributed by atoms with E-state index < -0.39 is 0 Å². The molecule has 2 N–H and O–H groups in total. The van der Waals surface area contributed by atoms with E-state index in [2.05, 4.69) is 15.5 Å². The molecule has 0 saturated carbocycles. The Hall–Kier alpha value is -2.71. The maximum absolute atomic E-state index is 12.5. The highest BCUT2D eigenvalue weighted by molar-refractivity contribution is 7.71. The molecule has 8 heteroatoms. The summed E-state index contributed by atoms with van der Waals surface area (Å²) in [4.78, 5) is 14.5. The first kappa shape index (κ1) is 19.1. The van der Waals surface area contributed by atoms with Crippen molar-refractivity contribution < 1.29 is 9.21 Å². The zero-order valence-corrected chi connectivity index (χ0v) is 16.4. The lowest BCUT2D eigenvalue weighted by atomic mass is 10.1. The van der Waals surface area contributed by atoms with Crippen LogP contribution in [0.1, 0.15) is 17.4 Å². The molecule has 1 atom stereocenters. The molecule has 27 heavy (non-hydrogen) atoms. The van der Waals surface area contributed by atoms with Crippen LogP contribution in [-0.4, -0.2) is 46.2 Å². The summed E-state index contributed by atoms with van der Waals surface area (Å²) in [6, 6.07) is 11.6. The van der Waals surface area contributed by atoms with Gasteiger partial charge in [-0.25, -0.2) is 0 Å². The Morgan fingerprint density at radius 3 is 2.85 bits per heavy atom. The Balaban J connectivity index is 1.71. The van der Waals surface area contributed by atoms with E-state index in [1.165, 1.54) is 0 Å². The van der Waals surface area contributed by atoms with E-state index in [0.717, 1.165) is 16.9 Å². The van der Waals surface area contributed by atoms with E-state index in [9.17, 15) is 4.79 Å². The lowest BCUT2D eigenvalue weighted by Gasteiger charge is -2.22. The number of amides is 1. The van der Waals surface area contributed by atoms with Crippen LogP contribution in [0.3, 0.4) is 0 Å². The van der Waals surface area contributed by atoms with Gasteiger partial charge in [0.15, 0.2) is 10.6 Å². The van der Waals surface area contributed by atoms with Crippen molar-refractivity contribution in [3.05, 3.63) is 58.8 Å². The summed E-state index contributed by atoms with van der Waals surface area (Å²) in [7, 11) is 3.89. The monoisotopic (exact) mass is 385 g/mol. The average Bonchev–Trinajstić information content (AvgIpc) is 3.26. The Morgan fingerprint density at radius 1 is 1.37 bits per heavy atom. The fourth-order valence-electron chi connectivity index (χ4n) is 2.90. The van der Waals surface area contributed by atoms with Crippen LogP contribution in [0.15, 0.2) is 47.1 Å². The molecule has 0 bridgehead atoms. The quantitative estimate of drug-likeness (QED) is 0.612. The van der Waals surface area contributed by atoms with Gasteiger partial charge in [0.25, 0.3) is 0 Å². The maximum atomic E-state index is 12.5. The minimum Gasteiger partial charge on any atom is -0.468 e. The van der Waals surface area contributed by atoms with Gasteiger partial charge in [-0.15, -0.1) is 0 Å². The third-order valence-corrected chi connectivity index (χ3v) is 4.64. The molecule has 2 aromatic heterocycles. The first-order valence-electron chi connectivity index (χ1n) is 8.64. The van der Waals surface area contributed by atoms with Crippen molar-refractivity contribution in [3.63, 3.8) is 0 Å². The number of benzene rings is 1. The summed E-state index contributed by atoms with van der Waals surface area (Å²) in [6.07, 6.45) is 1.63. The molecule has 1 aromatic carbocycles. The molecule has 2 heterocycles. The van der Waals surface area contributed by atoms with Gasteiger partial charge in [0.2, 0.25) is 5.91 Å². The number of likely N-dealkylation sites (N-methyl/N-ethyl adjacent to an activating group) is 1. The van der Waals surface area contributed by atoms with Crippen LogP contribution in [0.2, 0.25) is 0 Å². The van der Waals surface area contributed by atoms with Gasteiger partial charge >= 0.3 is 0 Å². The van der Waals surface area contributed by atoms with Crippen molar-refractivity contribution >= 4 is 18.1 Å². The molecule has 0 spiro atoms. The Morgan fingerprint density at radius 2 is 2.19 bits per heavy atom. The summed E-state index contributed by atoms with van der Waals surface area (Å²) >= 11 is 5.31. The fourth-order valence-corrected chi connectivity index (χ4v) is 3.09. The molecule has 0 fully saturated rings. The Kier molecular flexibility index (Phi) is 5.88. The van der Waals surface area contributed by atoms with Crippen molar-refractivity contribution in [2.75, 3.05) is 20.6 Å². The molecule has 7 nitrogen and oxygen atoms in total. The topological polar surface area (TPSA) is 79.1 Å². The van der Waals surface area contributed by atoms with E-state index in [-0.39, 0.29) is 18.5 Å². The molecule has 3 rings (SSSR count). The van der Waals surface area contributed by atoms with Gasteiger partial charge in [-0.05, 0) is 51.4 Å². The van der Waals surface area contributed by atoms with Crippen LogP contribution >= 0.6 is 12.2 Å². The van der Waals surface area contributed by atoms with E-state index in [4.69, 9.17) is 16.6 Å². The number of carbonyl (C=O) groups is 1. The Bertz CT molecular complexity index is 959. The summed E-state index contributed by atoms with van der Waals surface area (Å²) in [5.74, 6) is 1.31. The SMILES string of the molecule is Cc1cccc(-c2n[nH]c(=S)n2CC(=O)NCC(c2ccco2)N(C)C)c1. The first-order chi connectivity index (χ1) is 13.0.